The van der Waals surface area contributed by atoms with Gasteiger partial charge in [0.2, 0.25) is 0 Å². The van der Waals surface area contributed by atoms with Crippen LogP contribution < -0.4 is 11.5 Å². The van der Waals surface area contributed by atoms with E-state index in [4.69, 9.17) is 11.5 Å². The van der Waals surface area contributed by atoms with E-state index < -0.39 is 0 Å². The molecule has 0 saturated carbocycles. The fourth-order valence-electron chi connectivity index (χ4n) is 1.35. The van der Waals surface area contributed by atoms with Crippen LogP contribution in [0.4, 0.5) is 0 Å². The minimum absolute atomic E-state index is 0.0335. The van der Waals surface area contributed by atoms with Gasteiger partial charge in [-0.25, -0.2) is 4.99 Å². The highest BCUT2D eigenvalue weighted by Gasteiger charge is 2.05. The number of guanidine groups is 1. The summed E-state index contributed by atoms with van der Waals surface area (Å²) in [4.78, 5) is 4.08. The number of hydrogen-bond donors (Lipinski definition) is 2. The third-order valence-electron chi connectivity index (χ3n) is 1.98. The lowest BCUT2D eigenvalue weighted by atomic mass is 10.0. The molecule has 0 aliphatic carbocycles. The van der Waals surface area contributed by atoms with Gasteiger partial charge in [-0.1, -0.05) is 24.3 Å². The summed E-state index contributed by atoms with van der Waals surface area (Å²) in [5.74, 6) is 0.135. The van der Waals surface area contributed by atoms with Crippen molar-refractivity contribution in [2.45, 2.75) is 19.9 Å². The number of benzene rings is 1. The third-order valence-corrected chi connectivity index (χ3v) is 1.98. The maximum atomic E-state index is 5.31. The molecule has 70 valence electrons. The van der Waals surface area contributed by atoms with Crippen LogP contribution >= 0.6 is 0 Å². The van der Waals surface area contributed by atoms with E-state index in [0.717, 1.165) is 5.56 Å². The van der Waals surface area contributed by atoms with Crippen molar-refractivity contribution < 1.29 is 0 Å². The first kappa shape index (κ1) is 9.58. The first-order valence-corrected chi connectivity index (χ1v) is 4.25. The second kappa shape index (κ2) is 3.94. The van der Waals surface area contributed by atoms with Crippen molar-refractivity contribution in [1.82, 2.24) is 0 Å². The van der Waals surface area contributed by atoms with Gasteiger partial charge in [0.15, 0.2) is 5.96 Å². The van der Waals surface area contributed by atoms with Crippen molar-refractivity contribution in [3.63, 3.8) is 0 Å². The van der Waals surface area contributed by atoms with Gasteiger partial charge in [0.05, 0.1) is 6.04 Å². The molecule has 4 N–H and O–H groups in total. The van der Waals surface area contributed by atoms with Gasteiger partial charge in [-0.3, -0.25) is 0 Å². The van der Waals surface area contributed by atoms with Crippen molar-refractivity contribution in [3.05, 3.63) is 35.4 Å². The molecule has 0 radical (unpaired) electrons. The molecule has 0 heterocycles. The van der Waals surface area contributed by atoms with Gasteiger partial charge in [-0.05, 0) is 25.0 Å². The Labute approximate surface area is 78.5 Å². The van der Waals surface area contributed by atoms with Gasteiger partial charge in [-0.2, -0.15) is 0 Å². The normalized spacial score (nSPS) is 12.2. The molecule has 3 heteroatoms. The van der Waals surface area contributed by atoms with Crippen molar-refractivity contribution in [2.75, 3.05) is 0 Å². The lowest BCUT2D eigenvalue weighted by Crippen LogP contribution is -2.23. The van der Waals surface area contributed by atoms with Crippen LogP contribution in [0.2, 0.25) is 0 Å². The van der Waals surface area contributed by atoms with Gasteiger partial charge < -0.3 is 11.5 Å². The van der Waals surface area contributed by atoms with Crippen LogP contribution in [0.15, 0.2) is 29.3 Å². The van der Waals surface area contributed by atoms with Crippen molar-refractivity contribution in [1.29, 1.82) is 0 Å². The second-order valence-electron chi connectivity index (χ2n) is 3.09. The Balaban J connectivity index is 2.95. The molecule has 13 heavy (non-hydrogen) atoms. The number of nitrogens with two attached hydrogens (primary N) is 2. The molecule has 0 unspecified atom stereocenters. The average molecular weight is 177 g/mol. The lowest BCUT2D eigenvalue weighted by Gasteiger charge is -2.09. The van der Waals surface area contributed by atoms with Gasteiger partial charge in [0, 0.05) is 0 Å². The highest BCUT2D eigenvalue weighted by molar-refractivity contribution is 5.76. The molecule has 0 spiro atoms. The Kier molecular flexibility index (Phi) is 2.90. The van der Waals surface area contributed by atoms with Crippen LogP contribution in [-0.2, 0) is 0 Å². The quantitative estimate of drug-likeness (QED) is 0.528. The Hall–Kier alpha value is -1.51. The summed E-state index contributed by atoms with van der Waals surface area (Å²) in [5, 5.41) is 0. The molecule has 0 fully saturated rings. The van der Waals surface area contributed by atoms with Crippen LogP contribution in [0.1, 0.15) is 24.1 Å². The molecule has 0 aliphatic rings. The number of nitrogens with zero attached hydrogens (tertiary/aromatic N) is 1. The Morgan fingerprint density at radius 1 is 1.31 bits per heavy atom. The van der Waals surface area contributed by atoms with Gasteiger partial charge in [0.25, 0.3) is 0 Å². The molecule has 0 aliphatic heterocycles. The Morgan fingerprint density at radius 3 is 2.46 bits per heavy atom. The fourth-order valence-corrected chi connectivity index (χ4v) is 1.35. The van der Waals surface area contributed by atoms with E-state index in [9.17, 15) is 0 Å². The van der Waals surface area contributed by atoms with E-state index in [-0.39, 0.29) is 12.0 Å². The minimum Gasteiger partial charge on any atom is -0.370 e. The number of aliphatic imine (C=N–C) groups is 1. The first-order valence-electron chi connectivity index (χ1n) is 4.25. The molecule has 1 aromatic carbocycles. The second-order valence-corrected chi connectivity index (χ2v) is 3.09. The summed E-state index contributed by atoms with van der Waals surface area (Å²) in [5.41, 5.74) is 13.0. The molecule has 3 nitrogen and oxygen atoms in total. The summed E-state index contributed by atoms with van der Waals surface area (Å²) in [7, 11) is 0. The van der Waals surface area contributed by atoms with Crippen LogP contribution in [0, 0.1) is 6.92 Å². The number of aryl methyl sites for hydroxylation is 1. The minimum atomic E-state index is 0.0335. The zero-order valence-corrected chi connectivity index (χ0v) is 7.99. The zero-order valence-electron chi connectivity index (χ0n) is 7.99. The SMILES string of the molecule is Cc1ccccc1[C@H](C)N=C(N)N. The molecule has 1 aromatic rings. The molecule has 0 bridgehead atoms. The van der Waals surface area contributed by atoms with Gasteiger partial charge in [-0.15, -0.1) is 0 Å². The van der Waals surface area contributed by atoms with E-state index >= 15 is 0 Å². The highest BCUT2D eigenvalue weighted by Crippen LogP contribution is 2.19. The summed E-state index contributed by atoms with van der Waals surface area (Å²) in [6.45, 7) is 4.02. The predicted octanol–water partition coefficient (Wildman–Crippen LogP) is 1.33. The van der Waals surface area contributed by atoms with Crippen molar-refractivity contribution in [3.8, 4) is 0 Å². The zero-order chi connectivity index (χ0) is 9.84. The Morgan fingerprint density at radius 2 is 1.92 bits per heavy atom. The summed E-state index contributed by atoms with van der Waals surface area (Å²) in [6.07, 6.45) is 0. The van der Waals surface area contributed by atoms with E-state index in [1.165, 1.54) is 5.56 Å². The molecule has 1 atom stereocenters. The summed E-state index contributed by atoms with van der Waals surface area (Å²) >= 11 is 0. The third kappa shape index (κ3) is 2.47. The van der Waals surface area contributed by atoms with E-state index in [1.807, 2.05) is 38.1 Å². The largest absolute Gasteiger partial charge is 0.370 e. The van der Waals surface area contributed by atoms with Crippen LogP contribution in [0.5, 0.6) is 0 Å². The van der Waals surface area contributed by atoms with E-state index in [0.29, 0.717) is 0 Å². The van der Waals surface area contributed by atoms with E-state index in [2.05, 4.69) is 4.99 Å². The first-order chi connectivity index (χ1) is 6.11. The predicted molar refractivity (Wildman–Crippen MR) is 55.4 cm³/mol. The summed E-state index contributed by atoms with van der Waals surface area (Å²) < 4.78 is 0. The van der Waals surface area contributed by atoms with Crippen LogP contribution in [-0.4, -0.2) is 5.96 Å². The van der Waals surface area contributed by atoms with Crippen molar-refractivity contribution in [2.24, 2.45) is 16.5 Å². The lowest BCUT2D eigenvalue weighted by molar-refractivity contribution is 0.808. The average Bonchev–Trinajstić information content (AvgIpc) is 2.03. The van der Waals surface area contributed by atoms with E-state index in [1.54, 1.807) is 0 Å². The standard InChI is InChI=1S/C10H15N3/c1-7-5-3-4-6-9(7)8(2)13-10(11)12/h3-6,8H,1-2H3,(H4,11,12,13)/t8-/m0/s1. The molecular weight excluding hydrogens is 162 g/mol. The smallest absolute Gasteiger partial charge is 0.186 e. The monoisotopic (exact) mass is 177 g/mol. The maximum Gasteiger partial charge on any atom is 0.186 e. The van der Waals surface area contributed by atoms with Gasteiger partial charge >= 0.3 is 0 Å². The molecular formula is C10H15N3. The Bertz CT molecular complexity index is 314. The summed E-state index contributed by atoms with van der Waals surface area (Å²) in [6, 6.07) is 8.11. The molecule has 0 aromatic heterocycles. The van der Waals surface area contributed by atoms with Crippen molar-refractivity contribution >= 4 is 5.96 Å². The maximum absolute atomic E-state index is 5.31. The topological polar surface area (TPSA) is 64.4 Å². The van der Waals surface area contributed by atoms with Gasteiger partial charge in [0.1, 0.15) is 0 Å². The fraction of sp³-hybridized carbons (Fsp3) is 0.300. The number of hydrogen-bond acceptors (Lipinski definition) is 1. The number of rotatable bonds is 2. The molecule has 0 amide bonds. The molecule has 0 saturated heterocycles. The highest BCUT2D eigenvalue weighted by atomic mass is 15.0. The van der Waals surface area contributed by atoms with Crippen LogP contribution in [0.3, 0.4) is 0 Å². The van der Waals surface area contributed by atoms with Crippen LogP contribution in [0.25, 0.3) is 0 Å². The molecule has 1 rings (SSSR count).